The van der Waals surface area contributed by atoms with Crippen LogP contribution in [0.5, 0.6) is 5.75 Å². The van der Waals surface area contributed by atoms with Gasteiger partial charge in [0, 0.05) is 5.88 Å². The Morgan fingerprint density at radius 1 is 1.00 bits per heavy atom. The highest BCUT2D eigenvalue weighted by molar-refractivity contribution is 6.17. The van der Waals surface area contributed by atoms with E-state index in [1.54, 1.807) is 0 Å². The van der Waals surface area contributed by atoms with E-state index in [0.717, 1.165) is 22.7 Å². The fourth-order valence-corrected chi connectivity index (χ4v) is 2.48. The highest BCUT2D eigenvalue weighted by Crippen LogP contribution is 2.33. The molecule has 20 heavy (non-hydrogen) atoms. The number of benzene rings is 2. The zero-order valence-corrected chi connectivity index (χ0v) is 12.1. The first-order valence-corrected chi connectivity index (χ1v) is 7.15. The van der Waals surface area contributed by atoms with Crippen molar-refractivity contribution in [3.63, 3.8) is 0 Å². The lowest BCUT2D eigenvalue weighted by atomic mass is 10.2. The van der Waals surface area contributed by atoms with E-state index in [-0.39, 0.29) is 5.66 Å². The summed E-state index contributed by atoms with van der Waals surface area (Å²) in [7, 11) is 0. The lowest BCUT2D eigenvalue weighted by molar-refractivity contribution is 0.264. The molecule has 104 valence electrons. The number of rotatable bonds is 4. The summed E-state index contributed by atoms with van der Waals surface area (Å²) >= 11 is 5.77. The molecule has 1 aliphatic rings. The normalized spacial score (nSPS) is 15.1. The quantitative estimate of drug-likeness (QED) is 0.833. The second kappa shape index (κ2) is 5.25. The van der Waals surface area contributed by atoms with Crippen molar-refractivity contribution in [1.29, 1.82) is 0 Å². The van der Waals surface area contributed by atoms with Gasteiger partial charge in [-0.25, -0.2) is 0 Å². The SMILES string of the molecule is CC1(COc2ccc(CCl)cc2)Nc2ccccc2N1. The third-order valence-electron chi connectivity index (χ3n) is 3.35. The van der Waals surface area contributed by atoms with E-state index >= 15 is 0 Å². The van der Waals surface area contributed by atoms with Crippen LogP contribution in [0.3, 0.4) is 0 Å². The summed E-state index contributed by atoms with van der Waals surface area (Å²) in [5, 5.41) is 6.89. The number of alkyl halides is 1. The monoisotopic (exact) mass is 288 g/mol. The van der Waals surface area contributed by atoms with Crippen LogP contribution >= 0.6 is 11.6 Å². The van der Waals surface area contributed by atoms with Gasteiger partial charge in [0.2, 0.25) is 0 Å². The van der Waals surface area contributed by atoms with E-state index in [1.165, 1.54) is 0 Å². The molecule has 0 radical (unpaired) electrons. The van der Waals surface area contributed by atoms with Crippen LogP contribution in [0, 0.1) is 0 Å². The molecule has 0 unspecified atom stereocenters. The van der Waals surface area contributed by atoms with Gasteiger partial charge in [-0.05, 0) is 36.8 Å². The van der Waals surface area contributed by atoms with Crippen LogP contribution in [-0.4, -0.2) is 12.3 Å². The molecule has 0 aromatic heterocycles. The van der Waals surface area contributed by atoms with E-state index in [1.807, 2.05) is 36.4 Å². The molecule has 3 nitrogen and oxygen atoms in total. The number of nitrogens with one attached hydrogen (secondary N) is 2. The Morgan fingerprint density at radius 3 is 2.15 bits per heavy atom. The van der Waals surface area contributed by atoms with Crippen molar-refractivity contribution in [1.82, 2.24) is 0 Å². The minimum atomic E-state index is -0.297. The molecule has 2 N–H and O–H groups in total. The number of hydrogen-bond donors (Lipinski definition) is 2. The molecule has 3 rings (SSSR count). The summed E-state index contributed by atoms with van der Waals surface area (Å²) < 4.78 is 5.86. The van der Waals surface area contributed by atoms with Crippen molar-refractivity contribution in [3.05, 3.63) is 54.1 Å². The van der Waals surface area contributed by atoms with Crippen molar-refractivity contribution >= 4 is 23.0 Å². The predicted molar refractivity (Wildman–Crippen MR) is 83.6 cm³/mol. The molecule has 2 aromatic carbocycles. The second-order valence-corrected chi connectivity index (χ2v) is 5.46. The molecule has 2 aromatic rings. The van der Waals surface area contributed by atoms with Crippen molar-refractivity contribution in [2.45, 2.75) is 18.5 Å². The Labute approximate surface area is 123 Å². The number of halogens is 1. The summed E-state index contributed by atoms with van der Waals surface area (Å²) in [5.74, 6) is 1.37. The molecule has 0 bridgehead atoms. The summed E-state index contributed by atoms with van der Waals surface area (Å²) in [5.41, 5.74) is 3.01. The van der Waals surface area contributed by atoms with Gasteiger partial charge in [-0.3, -0.25) is 0 Å². The molecule has 0 amide bonds. The summed E-state index contributed by atoms with van der Waals surface area (Å²) in [6.07, 6.45) is 0. The van der Waals surface area contributed by atoms with Crippen molar-refractivity contribution < 1.29 is 4.74 Å². The van der Waals surface area contributed by atoms with Gasteiger partial charge in [0.1, 0.15) is 18.0 Å². The third kappa shape index (κ3) is 2.68. The summed E-state index contributed by atoms with van der Waals surface area (Å²) in [4.78, 5) is 0. The number of anilines is 2. The maximum Gasteiger partial charge on any atom is 0.140 e. The van der Waals surface area contributed by atoms with Gasteiger partial charge in [-0.15, -0.1) is 11.6 Å². The Balaban J connectivity index is 1.64. The van der Waals surface area contributed by atoms with Crippen LogP contribution in [-0.2, 0) is 5.88 Å². The fraction of sp³-hybridized carbons (Fsp3) is 0.250. The van der Waals surface area contributed by atoms with Gasteiger partial charge in [0.15, 0.2) is 0 Å². The maximum atomic E-state index is 5.86. The zero-order valence-electron chi connectivity index (χ0n) is 11.3. The molecule has 4 heteroatoms. The first-order valence-electron chi connectivity index (χ1n) is 6.62. The van der Waals surface area contributed by atoms with Crippen LogP contribution in [0.1, 0.15) is 12.5 Å². The second-order valence-electron chi connectivity index (χ2n) is 5.19. The van der Waals surface area contributed by atoms with Crippen LogP contribution in [0.15, 0.2) is 48.5 Å². The Morgan fingerprint density at radius 2 is 1.60 bits per heavy atom. The molecule has 0 saturated heterocycles. The number of para-hydroxylation sites is 2. The zero-order chi connectivity index (χ0) is 14.0. The minimum absolute atomic E-state index is 0.297. The van der Waals surface area contributed by atoms with Crippen LogP contribution < -0.4 is 15.4 Å². The van der Waals surface area contributed by atoms with Gasteiger partial charge < -0.3 is 15.4 Å². The van der Waals surface area contributed by atoms with Crippen molar-refractivity contribution in [3.8, 4) is 5.75 Å². The van der Waals surface area contributed by atoms with Crippen LogP contribution in [0.25, 0.3) is 0 Å². The predicted octanol–water partition coefficient (Wildman–Crippen LogP) is 4.06. The smallest absolute Gasteiger partial charge is 0.140 e. The van der Waals surface area contributed by atoms with Gasteiger partial charge in [-0.2, -0.15) is 0 Å². The van der Waals surface area contributed by atoms with E-state index in [4.69, 9.17) is 16.3 Å². The Bertz CT molecular complexity index is 573. The molecule has 1 aliphatic heterocycles. The standard InChI is InChI=1S/C16H17ClN2O/c1-16(18-14-4-2-3-5-15(14)19-16)11-20-13-8-6-12(10-17)7-9-13/h2-9,18-19H,10-11H2,1H3. The molecule has 0 atom stereocenters. The van der Waals surface area contributed by atoms with Gasteiger partial charge in [-0.1, -0.05) is 24.3 Å². The van der Waals surface area contributed by atoms with Gasteiger partial charge in [0.05, 0.1) is 11.4 Å². The third-order valence-corrected chi connectivity index (χ3v) is 3.66. The van der Waals surface area contributed by atoms with Crippen LogP contribution in [0.2, 0.25) is 0 Å². The van der Waals surface area contributed by atoms with E-state index < -0.39 is 0 Å². The first-order chi connectivity index (χ1) is 9.68. The highest BCUT2D eigenvalue weighted by Gasteiger charge is 2.31. The summed E-state index contributed by atoms with van der Waals surface area (Å²) in [6, 6.07) is 16.0. The topological polar surface area (TPSA) is 33.3 Å². The lowest BCUT2D eigenvalue weighted by Gasteiger charge is -2.26. The maximum absolute atomic E-state index is 5.86. The van der Waals surface area contributed by atoms with Gasteiger partial charge in [0.25, 0.3) is 0 Å². The average Bonchev–Trinajstić information content (AvgIpc) is 2.82. The van der Waals surface area contributed by atoms with Crippen LogP contribution in [0.4, 0.5) is 11.4 Å². The number of fused-ring (bicyclic) bond motifs is 1. The lowest BCUT2D eigenvalue weighted by Crippen LogP contribution is -2.44. The molecule has 0 aliphatic carbocycles. The van der Waals surface area contributed by atoms with E-state index in [9.17, 15) is 0 Å². The van der Waals surface area contributed by atoms with Gasteiger partial charge >= 0.3 is 0 Å². The molecular weight excluding hydrogens is 272 g/mol. The minimum Gasteiger partial charge on any atom is -0.489 e. The Hall–Kier alpha value is -1.87. The van der Waals surface area contributed by atoms with E-state index in [2.05, 4.69) is 29.7 Å². The summed E-state index contributed by atoms with van der Waals surface area (Å²) in [6.45, 7) is 2.61. The molecular formula is C16H17ClN2O. The van der Waals surface area contributed by atoms with Crippen molar-refractivity contribution in [2.75, 3.05) is 17.2 Å². The average molecular weight is 289 g/mol. The number of hydrogen-bond acceptors (Lipinski definition) is 3. The van der Waals surface area contributed by atoms with Crippen molar-refractivity contribution in [2.24, 2.45) is 0 Å². The number of ether oxygens (including phenoxy) is 1. The van der Waals surface area contributed by atoms with E-state index in [0.29, 0.717) is 12.5 Å². The Kier molecular flexibility index (Phi) is 3.45. The molecule has 1 heterocycles. The first kappa shape index (κ1) is 13.1. The molecule has 0 saturated carbocycles. The molecule has 0 spiro atoms. The largest absolute Gasteiger partial charge is 0.489 e. The fourth-order valence-electron chi connectivity index (χ4n) is 2.30. The molecule has 0 fully saturated rings. The highest BCUT2D eigenvalue weighted by atomic mass is 35.5.